The van der Waals surface area contributed by atoms with Gasteiger partial charge in [-0.3, -0.25) is 0 Å². The Morgan fingerprint density at radius 2 is 0.844 bits per heavy atom. The number of nitrogens with zero attached hydrogens (tertiary/aromatic N) is 3. The molecule has 4 heteroatoms. The van der Waals surface area contributed by atoms with E-state index < -0.39 is 0 Å². The van der Waals surface area contributed by atoms with Crippen LogP contribution in [0.4, 0.5) is 0 Å². The molecule has 0 fully saturated rings. The summed E-state index contributed by atoms with van der Waals surface area (Å²) in [5.74, 6) is 0. The Morgan fingerprint density at radius 3 is 1.39 bits per heavy atom. The number of aromatic nitrogens is 3. The average Bonchev–Trinajstić information content (AvgIpc) is 3.93. The van der Waals surface area contributed by atoms with Gasteiger partial charge in [-0.2, -0.15) is 0 Å². The highest BCUT2D eigenvalue weighted by Crippen LogP contribution is 2.43. The van der Waals surface area contributed by atoms with E-state index in [2.05, 4.69) is 229 Å². The molecule has 0 unspecified atom stereocenters. The minimum absolute atomic E-state index is 0.0380. The van der Waals surface area contributed by atoms with Crippen molar-refractivity contribution in [2.75, 3.05) is 0 Å². The fourth-order valence-electron chi connectivity index (χ4n) is 11.7. The van der Waals surface area contributed by atoms with Gasteiger partial charge in [0, 0.05) is 38.0 Å². The maximum atomic E-state index is 2.59. The monoisotopic (exact) mass is 827 g/mol. The smallest absolute Gasteiger partial charge is 0.247 e. The molecule has 0 bridgehead atoms. The van der Waals surface area contributed by atoms with Crippen LogP contribution in [0.5, 0.6) is 0 Å². The van der Waals surface area contributed by atoms with E-state index >= 15 is 0 Å². The summed E-state index contributed by atoms with van der Waals surface area (Å²) < 4.78 is 7.66. The van der Waals surface area contributed by atoms with E-state index in [1.807, 2.05) is 0 Å². The molecule has 0 aliphatic carbocycles. The minimum Gasteiger partial charge on any atom is -0.310 e. The second-order valence-corrected chi connectivity index (χ2v) is 20.7. The Morgan fingerprint density at radius 1 is 0.375 bits per heavy atom. The van der Waals surface area contributed by atoms with E-state index in [0.717, 1.165) is 0 Å². The molecule has 0 saturated heterocycles. The molecular weight excluding hydrogens is 773 g/mol. The van der Waals surface area contributed by atoms with Gasteiger partial charge in [0.25, 0.3) is 0 Å². The second kappa shape index (κ2) is 13.4. The van der Waals surface area contributed by atoms with Crippen LogP contribution < -0.4 is 16.4 Å². The lowest BCUT2D eigenvalue weighted by molar-refractivity contribution is 0.590. The second-order valence-electron chi connectivity index (χ2n) is 20.7. The van der Waals surface area contributed by atoms with Crippen molar-refractivity contribution < 1.29 is 0 Å². The summed E-state index contributed by atoms with van der Waals surface area (Å²) in [5.41, 5.74) is 23.6. The number of para-hydroxylation sites is 4. The number of rotatable bonds is 3. The first-order valence-corrected chi connectivity index (χ1v) is 23.1. The van der Waals surface area contributed by atoms with Gasteiger partial charge >= 0.3 is 0 Å². The van der Waals surface area contributed by atoms with Crippen molar-refractivity contribution in [3.63, 3.8) is 0 Å². The SMILES string of the molecule is Cc1c(C)c(-n2c3ccc(C(C)(C)C)cc3c3cc(C(C)(C)C)ccc32)c(C)c(C)c1B1c2ccccc2-n2c3ccccc3c3c(-n4c5ccccc5c5ccccc54)ccc1c32. The van der Waals surface area contributed by atoms with Crippen molar-refractivity contribution in [3.05, 3.63) is 179 Å². The van der Waals surface area contributed by atoms with Gasteiger partial charge in [-0.15, -0.1) is 0 Å². The van der Waals surface area contributed by atoms with Crippen LogP contribution in [0.25, 0.3) is 82.5 Å². The quantitative estimate of drug-likeness (QED) is 0.158. The van der Waals surface area contributed by atoms with E-state index in [4.69, 9.17) is 0 Å². The first-order chi connectivity index (χ1) is 30.7. The Balaban J connectivity index is 1.15. The zero-order valence-corrected chi connectivity index (χ0v) is 38.8. The summed E-state index contributed by atoms with van der Waals surface area (Å²) in [4.78, 5) is 0. The molecule has 0 saturated carbocycles. The average molecular weight is 828 g/mol. The molecule has 0 spiro atoms. The van der Waals surface area contributed by atoms with Crippen LogP contribution in [0.2, 0.25) is 0 Å². The number of hydrogen-bond acceptors (Lipinski definition) is 0. The molecule has 1 aliphatic rings. The van der Waals surface area contributed by atoms with Gasteiger partial charge in [-0.25, -0.2) is 0 Å². The lowest BCUT2D eigenvalue weighted by atomic mass is 9.34. The van der Waals surface area contributed by atoms with E-state index in [0.29, 0.717) is 0 Å². The summed E-state index contributed by atoms with van der Waals surface area (Å²) in [5, 5.41) is 7.78. The molecule has 0 N–H and O–H groups in total. The third-order valence-corrected chi connectivity index (χ3v) is 15.1. The molecular formula is C60H54BN3. The van der Waals surface area contributed by atoms with Crippen molar-refractivity contribution >= 4 is 88.5 Å². The van der Waals surface area contributed by atoms with Crippen LogP contribution in [0, 0.1) is 27.7 Å². The van der Waals surface area contributed by atoms with Crippen molar-refractivity contribution in [1.29, 1.82) is 0 Å². The standard InChI is InChI=1S/C60H54BN3/c1-35-37(3)57(63-51-30-27-39(59(5,6)7)33-44(51)45-34-40(60(8,9)10)28-31-52(45)63)38(4)36(2)56(35)61-46-22-14-18-26-53(46)64-50-25-17-13-21-43(50)55-54(32-29-47(61)58(55)64)62-48-23-15-11-19-41(48)42-20-12-16-24-49(42)62/h11-34H,1-10H3. The molecule has 1 aliphatic heterocycles. The number of hydrogen-bond donors (Lipinski definition) is 0. The summed E-state index contributed by atoms with van der Waals surface area (Å²) in [6.45, 7) is 23.5. The van der Waals surface area contributed by atoms with E-state index in [1.54, 1.807) is 0 Å². The summed E-state index contributed by atoms with van der Waals surface area (Å²) in [6.07, 6.45) is 0. The van der Waals surface area contributed by atoms with Crippen LogP contribution in [0.3, 0.4) is 0 Å². The zero-order chi connectivity index (χ0) is 44.1. The van der Waals surface area contributed by atoms with Gasteiger partial charge < -0.3 is 13.7 Å². The van der Waals surface area contributed by atoms with Crippen molar-refractivity contribution in [1.82, 2.24) is 13.7 Å². The van der Waals surface area contributed by atoms with Crippen LogP contribution in [-0.4, -0.2) is 20.4 Å². The molecule has 0 atom stereocenters. The minimum atomic E-state index is 0.0380. The Hall–Kier alpha value is -6.78. The van der Waals surface area contributed by atoms with Gasteiger partial charge in [-0.05, 0) is 126 Å². The lowest BCUT2D eigenvalue weighted by Crippen LogP contribution is -2.58. The summed E-state index contributed by atoms with van der Waals surface area (Å²) in [7, 11) is 0. The predicted octanol–water partition coefficient (Wildman–Crippen LogP) is 13.6. The lowest BCUT2D eigenvalue weighted by Gasteiger charge is -2.31. The fraction of sp³-hybridized carbons (Fsp3) is 0.200. The topological polar surface area (TPSA) is 14.8 Å². The maximum absolute atomic E-state index is 2.59. The zero-order valence-electron chi connectivity index (χ0n) is 38.8. The largest absolute Gasteiger partial charge is 0.310 e. The van der Waals surface area contributed by atoms with Crippen molar-refractivity contribution in [2.45, 2.75) is 80.1 Å². The normalized spacial score (nSPS) is 13.1. The van der Waals surface area contributed by atoms with E-state index in [-0.39, 0.29) is 17.5 Å². The first kappa shape index (κ1) is 38.9. The summed E-state index contributed by atoms with van der Waals surface area (Å²) in [6, 6.07) is 55.3. The molecule has 12 rings (SSSR count). The molecule has 0 radical (unpaired) electrons. The van der Waals surface area contributed by atoms with Crippen molar-refractivity contribution in [3.8, 4) is 17.1 Å². The highest BCUT2D eigenvalue weighted by Gasteiger charge is 2.38. The van der Waals surface area contributed by atoms with Gasteiger partial charge in [-0.1, -0.05) is 149 Å². The van der Waals surface area contributed by atoms with Gasteiger partial charge in [0.05, 0.1) is 44.5 Å². The highest BCUT2D eigenvalue weighted by atomic mass is 15.0. The molecule has 4 heterocycles. The Kier molecular flexibility index (Phi) is 8.12. The van der Waals surface area contributed by atoms with Crippen LogP contribution >= 0.6 is 0 Å². The Bertz CT molecular complexity index is 3640. The summed E-state index contributed by atoms with van der Waals surface area (Å²) >= 11 is 0. The van der Waals surface area contributed by atoms with Crippen LogP contribution in [-0.2, 0) is 10.8 Å². The molecule has 312 valence electrons. The first-order valence-electron chi connectivity index (χ1n) is 23.1. The predicted molar refractivity (Wildman–Crippen MR) is 277 cm³/mol. The fourth-order valence-corrected chi connectivity index (χ4v) is 11.7. The Labute approximate surface area is 376 Å². The molecule has 8 aromatic carbocycles. The van der Waals surface area contributed by atoms with E-state index in [9.17, 15) is 0 Å². The van der Waals surface area contributed by atoms with Crippen molar-refractivity contribution in [2.24, 2.45) is 0 Å². The van der Waals surface area contributed by atoms with Gasteiger partial charge in [0.2, 0.25) is 6.71 Å². The number of fused-ring (bicyclic) bond motifs is 11. The molecule has 3 aromatic heterocycles. The molecule has 3 nitrogen and oxygen atoms in total. The van der Waals surface area contributed by atoms with Gasteiger partial charge in [0.15, 0.2) is 0 Å². The van der Waals surface area contributed by atoms with Crippen LogP contribution in [0.15, 0.2) is 146 Å². The molecule has 11 aromatic rings. The third kappa shape index (κ3) is 5.23. The highest BCUT2D eigenvalue weighted by molar-refractivity contribution is 6.98. The van der Waals surface area contributed by atoms with E-state index in [1.165, 1.54) is 132 Å². The number of benzene rings is 8. The maximum Gasteiger partial charge on any atom is 0.247 e. The van der Waals surface area contributed by atoms with Crippen LogP contribution in [0.1, 0.15) is 74.9 Å². The molecule has 0 amide bonds. The van der Waals surface area contributed by atoms with Gasteiger partial charge in [0.1, 0.15) is 0 Å². The molecule has 64 heavy (non-hydrogen) atoms. The third-order valence-electron chi connectivity index (χ3n) is 15.1.